The minimum absolute atomic E-state index is 0.282. The number of thiophene rings is 1. The van der Waals surface area contributed by atoms with E-state index in [-0.39, 0.29) is 6.04 Å². The van der Waals surface area contributed by atoms with Crippen LogP contribution in [0, 0.1) is 6.92 Å². The van der Waals surface area contributed by atoms with Crippen molar-refractivity contribution in [2.24, 2.45) is 0 Å². The highest BCUT2D eigenvalue weighted by atomic mass is 32.1. The van der Waals surface area contributed by atoms with Gasteiger partial charge in [0.15, 0.2) is 0 Å². The van der Waals surface area contributed by atoms with Crippen molar-refractivity contribution in [2.45, 2.75) is 32.7 Å². The Hall–Kier alpha value is -1.58. The van der Waals surface area contributed by atoms with Crippen LogP contribution >= 0.6 is 11.3 Å². The molecule has 2 heterocycles. The summed E-state index contributed by atoms with van der Waals surface area (Å²) in [5, 5.41) is 6.89. The number of rotatable bonds is 6. The summed E-state index contributed by atoms with van der Waals surface area (Å²) >= 11 is 1.83. The molecule has 110 valence electrons. The van der Waals surface area contributed by atoms with Crippen molar-refractivity contribution < 1.29 is 4.42 Å². The number of aryl methyl sites for hydroxylation is 2. The highest BCUT2D eigenvalue weighted by Crippen LogP contribution is 2.28. The summed E-state index contributed by atoms with van der Waals surface area (Å²) < 4.78 is 6.05. The summed E-state index contributed by atoms with van der Waals surface area (Å²) in [6, 6.07) is 13.1. The number of benzene rings is 1. The molecular weight excluding hydrogens is 278 g/mol. The zero-order valence-corrected chi connectivity index (χ0v) is 13.4. The smallest absolute Gasteiger partial charge is 0.134 e. The second-order valence-corrected chi connectivity index (χ2v) is 6.45. The van der Waals surface area contributed by atoms with Gasteiger partial charge in [0.25, 0.3) is 0 Å². The van der Waals surface area contributed by atoms with Gasteiger partial charge in [0.2, 0.25) is 0 Å². The molecule has 0 aliphatic rings. The van der Waals surface area contributed by atoms with Gasteiger partial charge >= 0.3 is 0 Å². The van der Waals surface area contributed by atoms with Crippen molar-refractivity contribution in [3.05, 3.63) is 58.0 Å². The Balaban J connectivity index is 1.80. The molecule has 0 radical (unpaired) electrons. The Morgan fingerprint density at radius 1 is 1.24 bits per heavy atom. The lowest BCUT2D eigenvalue weighted by molar-refractivity contribution is 0.418. The van der Waals surface area contributed by atoms with Crippen LogP contribution in [0.1, 0.15) is 35.6 Å². The number of hydrogen-bond donors (Lipinski definition) is 1. The quantitative estimate of drug-likeness (QED) is 0.686. The third kappa shape index (κ3) is 3.36. The molecule has 1 aromatic carbocycles. The maximum atomic E-state index is 6.05. The van der Waals surface area contributed by atoms with Crippen molar-refractivity contribution >= 4 is 22.3 Å². The van der Waals surface area contributed by atoms with Crippen LogP contribution in [0.5, 0.6) is 0 Å². The van der Waals surface area contributed by atoms with Crippen LogP contribution in [0.2, 0.25) is 0 Å². The van der Waals surface area contributed by atoms with E-state index in [2.05, 4.69) is 60.9 Å². The summed E-state index contributed by atoms with van der Waals surface area (Å²) in [5.74, 6) is 1.05. The Labute approximate surface area is 129 Å². The lowest BCUT2D eigenvalue weighted by Crippen LogP contribution is -2.20. The molecule has 3 aromatic rings. The van der Waals surface area contributed by atoms with E-state index in [0.717, 1.165) is 30.7 Å². The molecular formula is C18H21NOS. The first-order valence-electron chi connectivity index (χ1n) is 7.52. The van der Waals surface area contributed by atoms with Crippen molar-refractivity contribution in [3.63, 3.8) is 0 Å². The van der Waals surface area contributed by atoms with E-state index in [1.165, 1.54) is 15.8 Å². The van der Waals surface area contributed by atoms with Gasteiger partial charge in [0.05, 0.1) is 6.04 Å². The van der Waals surface area contributed by atoms with Crippen LogP contribution in [-0.4, -0.2) is 6.54 Å². The fourth-order valence-electron chi connectivity index (χ4n) is 2.69. The van der Waals surface area contributed by atoms with Gasteiger partial charge in [-0.2, -0.15) is 0 Å². The van der Waals surface area contributed by atoms with E-state index in [1.807, 2.05) is 11.3 Å². The second-order valence-electron chi connectivity index (χ2n) is 5.42. The van der Waals surface area contributed by atoms with Crippen LogP contribution in [-0.2, 0) is 6.42 Å². The van der Waals surface area contributed by atoms with E-state index in [4.69, 9.17) is 4.42 Å². The molecule has 1 unspecified atom stereocenters. The Morgan fingerprint density at radius 3 is 2.90 bits per heavy atom. The summed E-state index contributed by atoms with van der Waals surface area (Å²) in [4.78, 5) is 1.44. The Kier molecular flexibility index (Phi) is 4.42. The molecule has 1 atom stereocenters. The van der Waals surface area contributed by atoms with E-state index >= 15 is 0 Å². The Morgan fingerprint density at radius 2 is 2.14 bits per heavy atom. The van der Waals surface area contributed by atoms with Gasteiger partial charge in [-0.25, -0.2) is 0 Å². The monoisotopic (exact) mass is 299 g/mol. The van der Waals surface area contributed by atoms with Crippen LogP contribution in [0.25, 0.3) is 11.0 Å². The molecule has 21 heavy (non-hydrogen) atoms. The summed E-state index contributed by atoms with van der Waals surface area (Å²) in [7, 11) is 0. The molecule has 0 aliphatic carbocycles. The molecule has 2 nitrogen and oxygen atoms in total. The van der Waals surface area contributed by atoms with Gasteiger partial charge < -0.3 is 9.73 Å². The van der Waals surface area contributed by atoms with Crippen LogP contribution in [0.3, 0.4) is 0 Å². The third-order valence-electron chi connectivity index (χ3n) is 3.74. The maximum Gasteiger partial charge on any atom is 0.134 e. The highest BCUT2D eigenvalue weighted by Gasteiger charge is 2.15. The minimum Gasteiger partial charge on any atom is -0.459 e. The average molecular weight is 299 g/mol. The van der Waals surface area contributed by atoms with Gasteiger partial charge in [-0.05, 0) is 56.0 Å². The topological polar surface area (TPSA) is 25.2 Å². The number of nitrogens with one attached hydrogen (secondary N) is 1. The molecule has 2 aromatic heterocycles. The molecule has 0 spiro atoms. The molecule has 3 rings (SSSR count). The minimum atomic E-state index is 0.282. The average Bonchev–Trinajstić information content (AvgIpc) is 3.11. The molecule has 0 fully saturated rings. The van der Waals surface area contributed by atoms with Crippen molar-refractivity contribution in [2.75, 3.05) is 6.54 Å². The molecule has 0 saturated heterocycles. The molecule has 0 saturated carbocycles. The van der Waals surface area contributed by atoms with Crippen molar-refractivity contribution in [1.29, 1.82) is 0 Å². The molecule has 0 bridgehead atoms. The normalized spacial score (nSPS) is 12.9. The van der Waals surface area contributed by atoms with E-state index in [0.29, 0.717) is 0 Å². The predicted molar refractivity (Wildman–Crippen MR) is 90.0 cm³/mol. The van der Waals surface area contributed by atoms with Crippen LogP contribution < -0.4 is 5.32 Å². The first kappa shape index (κ1) is 14.4. The van der Waals surface area contributed by atoms with E-state index in [9.17, 15) is 0 Å². The molecule has 0 aliphatic heterocycles. The Bertz CT molecular complexity index is 699. The van der Waals surface area contributed by atoms with Gasteiger partial charge in [0.1, 0.15) is 11.3 Å². The molecule has 1 N–H and O–H groups in total. The SMILES string of the molecule is CCNC(CCc1cccs1)c1cc2cc(C)ccc2o1. The maximum absolute atomic E-state index is 6.05. The predicted octanol–water partition coefficient (Wildman–Crippen LogP) is 5.09. The fraction of sp³-hybridized carbons (Fsp3) is 0.333. The van der Waals surface area contributed by atoms with Crippen molar-refractivity contribution in [1.82, 2.24) is 5.32 Å². The summed E-state index contributed by atoms with van der Waals surface area (Å²) in [5.41, 5.74) is 2.25. The van der Waals surface area contributed by atoms with Crippen molar-refractivity contribution in [3.8, 4) is 0 Å². The van der Waals surface area contributed by atoms with E-state index in [1.54, 1.807) is 0 Å². The van der Waals surface area contributed by atoms with Gasteiger partial charge in [-0.15, -0.1) is 11.3 Å². The first-order valence-corrected chi connectivity index (χ1v) is 8.40. The number of furan rings is 1. The van der Waals surface area contributed by atoms with E-state index < -0.39 is 0 Å². The standard InChI is InChI=1S/C18H21NOS/c1-3-19-16(8-7-15-5-4-10-21-15)18-12-14-11-13(2)6-9-17(14)20-18/h4-6,9-12,16,19H,3,7-8H2,1-2H3. The van der Waals surface area contributed by atoms with Crippen LogP contribution in [0.4, 0.5) is 0 Å². The summed E-state index contributed by atoms with van der Waals surface area (Å²) in [6.45, 7) is 5.21. The zero-order valence-electron chi connectivity index (χ0n) is 12.6. The fourth-order valence-corrected chi connectivity index (χ4v) is 3.41. The van der Waals surface area contributed by atoms with Gasteiger partial charge in [-0.1, -0.05) is 24.6 Å². The lowest BCUT2D eigenvalue weighted by Gasteiger charge is -2.14. The summed E-state index contributed by atoms with van der Waals surface area (Å²) in [6.07, 6.45) is 2.15. The first-order chi connectivity index (χ1) is 10.3. The third-order valence-corrected chi connectivity index (χ3v) is 4.68. The van der Waals surface area contributed by atoms with Gasteiger partial charge in [-0.3, -0.25) is 0 Å². The second kappa shape index (κ2) is 6.46. The largest absolute Gasteiger partial charge is 0.459 e. The molecule has 0 amide bonds. The van der Waals surface area contributed by atoms with Crippen LogP contribution in [0.15, 0.2) is 46.2 Å². The zero-order chi connectivity index (χ0) is 14.7. The molecule has 3 heteroatoms. The highest BCUT2D eigenvalue weighted by molar-refractivity contribution is 7.09. The number of hydrogen-bond acceptors (Lipinski definition) is 3. The number of fused-ring (bicyclic) bond motifs is 1. The lowest BCUT2D eigenvalue weighted by atomic mass is 10.1. The van der Waals surface area contributed by atoms with Gasteiger partial charge in [0, 0.05) is 10.3 Å².